The Kier molecular flexibility index (Phi) is 3.80. The van der Waals surface area contributed by atoms with Crippen LogP contribution in [-0.2, 0) is 5.88 Å². The minimum atomic E-state index is 0.0528. The van der Waals surface area contributed by atoms with Crippen molar-refractivity contribution in [2.75, 3.05) is 7.11 Å². The fourth-order valence-electron chi connectivity index (χ4n) is 2.53. The Balaban J connectivity index is 2.19. The molecule has 0 amide bonds. The molecule has 5 heteroatoms. The van der Waals surface area contributed by atoms with Crippen LogP contribution in [0.5, 0.6) is 5.75 Å². The molecule has 2 aromatic heterocycles. The fraction of sp³-hybridized carbons (Fsp3) is 0.250. The lowest BCUT2D eigenvalue weighted by Crippen LogP contribution is -2.11. The van der Waals surface area contributed by atoms with Gasteiger partial charge in [0.15, 0.2) is 0 Å². The number of hydrogen-bond donors (Lipinski definition) is 0. The van der Waals surface area contributed by atoms with E-state index in [9.17, 15) is 0 Å². The van der Waals surface area contributed by atoms with Gasteiger partial charge in [0.25, 0.3) is 0 Å². The van der Waals surface area contributed by atoms with Crippen LogP contribution in [0.25, 0.3) is 11.0 Å². The van der Waals surface area contributed by atoms with E-state index in [2.05, 4.69) is 21.5 Å². The minimum Gasteiger partial charge on any atom is -0.497 e. The molecule has 0 saturated heterocycles. The Labute approximate surface area is 128 Å². The molecule has 3 rings (SSSR count). The molecule has 1 aromatic carbocycles. The number of ether oxygens (including phenoxy) is 1. The van der Waals surface area contributed by atoms with E-state index in [0.29, 0.717) is 5.88 Å². The third kappa shape index (κ3) is 2.47. The number of pyridine rings is 1. The van der Waals surface area contributed by atoms with E-state index in [-0.39, 0.29) is 6.04 Å². The maximum absolute atomic E-state index is 6.07. The third-order valence-corrected chi connectivity index (χ3v) is 3.83. The van der Waals surface area contributed by atoms with Gasteiger partial charge in [0.1, 0.15) is 11.6 Å². The van der Waals surface area contributed by atoms with E-state index < -0.39 is 0 Å². The van der Waals surface area contributed by atoms with Crippen molar-refractivity contribution in [3.8, 4) is 5.75 Å². The first-order valence-electron chi connectivity index (χ1n) is 6.76. The summed E-state index contributed by atoms with van der Waals surface area (Å²) in [4.78, 5) is 9.04. The van der Waals surface area contributed by atoms with Gasteiger partial charge in [-0.25, -0.2) is 4.98 Å². The summed E-state index contributed by atoms with van der Waals surface area (Å²) in [6.45, 7) is 2.10. The highest BCUT2D eigenvalue weighted by Crippen LogP contribution is 2.28. The van der Waals surface area contributed by atoms with E-state index in [1.807, 2.05) is 36.4 Å². The predicted molar refractivity (Wildman–Crippen MR) is 83.9 cm³/mol. The van der Waals surface area contributed by atoms with Crippen LogP contribution in [0.2, 0.25) is 0 Å². The van der Waals surface area contributed by atoms with Crippen molar-refractivity contribution in [3.05, 3.63) is 54.1 Å². The first kappa shape index (κ1) is 13.9. The molecule has 1 atom stereocenters. The van der Waals surface area contributed by atoms with Crippen LogP contribution in [0, 0.1) is 0 Å². The topological polar surface area (TPSA) is 39.9 Å². The molecule has 0 radical (unpaired) electrons. The SMILES string of the molecule is COc1ccc2nc(CCl)n(C(C)c3ccccn3)c2c1. The zero-order valence-electron chi connectivity index (χ0n) is 12.0. The van der Waals surface area contributed by atoms with Gasteiger partial charge in [-0.2, -0.15) is 0 Å². The predicted octanol–water partition coefficient (Wildman–Crippen LogP) is 3.79. The number of hydrogen-bond acceptors (Lipinski definition) is 3. The second kappa shape index (κ2) is 5.74. The molecule has 0 aliphatic rings. The maximum Gasteiger partial charge on any atom is 0.125 e. The van der Waals surface area contributed by atoms with Gasteiger partial charge in [0.05, 0.1) is 35.8 Å². The van der Waals surface area contributed by atoms with Crippen molar-refractivity contribution >= 4 is 22.6 Å². The Bertz CT molecular complexity index is 755. The zero-order valence-corrected chi connectivity index (χ0v) is 12.7. The number of halogens is 1. The quantitative estimate of drug-likeness (QED) is 0.688. The van der Waals surface area contributed by atoms with Gasteiger partial charge in [-0.1, -0.05) is 6.07 Å². The van der Waals surface area contributed by atoms with E-state index >= 15 is 0 Å². The van der Waals surface area contributed by atoms with Gasteiger partial charge in [0, 0.05) is 12.3 Å². The van der Waals surface area contributed by atoms with E-state index in [1.54, 1.807) is 13.3 Å². The van der Waals surface area contributed by atoms with Gasteiger partial charge in [-0.05, 0) is 31.2 Å². The van der Waals surface area contributed by atoms with Gasteiger partial charge in [-0.3, -0.25) is 4.98 Å². The summed E-state index contributed by atoms with van der Waals surface area (Å²) >= 11 is 6.07. The zero-order chi connectivity index (χ0) is 14.8. The number of imidazole rings is 1. The molecule has 0 spiro atoms. The number of alkyl halides is 1. The smallest absolute Gasteiger partial charge is 0.125 e. The standard InChI is InChI=1S/C16H16ClN3O/c1-11(13-5-3-4-8-18-13)20-15-9-12(21-2)6-7-14(15)19-16(20)10-17/h3-9,11H,10H2,1-2H3. The van der Waals surface area contributed by atoms with Crippen LogP contribution in [-0.4, -0.2) is 21.6 Å². The van der Waals surface area contributed by atoms with Crippen molar-refractivity contribution in [3.63, 3.8) is 0 Å². The normalized spacial score (nSPS) is 12.5. The first-order valence-corrected chi connectivity index (χ1v) is 7.29. The van der Waals surface area contributed by atoms with Gasteiger partial charge in [-0.15, -0.1) is 11.6 Å². The summed E-state index contributed by atoms with van der Waals surface area (Å²) in [6.07, 6.45) is 1.80. The Morgan fingerprint density at radius 1 is 1.29 bits per heavy atom. The van der Waals surface area contributed by atoms with E-state index in [1.165, 1.54) is 0 Å². The molecular weight excluding hydrogens is 286 g/mol. The summed E-state index contributed by atoms with van der Waals surface area (Å²) in [5, 5.41) is 0. The lowest BCUT2D eigenvalue weighted by Gasteiger charge is -2.16. The monoisotopic (exact) mass is 301 g/mol. The van der Waals surface area contributed by atoms with Crippen LogP contribution in [0.1, 0.15) is 24.5 Å². The number of methoxy groups -OCH3 is 1. The molecule has 1 unspecified atom stereocenters. The first-order chi connectivity index (χ1) is 10.2. The highest BCUT2D eigenvalue weighted by molar-refractivity contribution is 6.16. The Hall–Kier alpha value is -2.07. The van der Waals surface area contributed by atoms with Gasteiger partial charge >= 0.3 is 0 Å². The summed E-state index contributed by atoms with van der Waals surface area (Å²) in [5.41, 5.74) is 2.89. The Morgan fingerprint density at radius 2 is 2.14 bits per heavy atom. The molecule has 2 heterocycles. The molecule has 0 saturated carbocycles. The molecule has 108 valence electrons. The molecular formula is C16H16ClN3O. The van der Waals surface area contributed by atoms with E-state index in [0.717, 1.165) is 28.3 Å². The van der Waals surface area contributed by atoms with Crippen molar-refractivity contribution < 1.29 is 4.74 Å². The highest BCUT2D eigenvalue weighted by Gasteiger charge is 2.18. The largest absolute Gasteiger partial charge is 0.497 e. The lowest BCUT2D eigenvalue weighted by molar-refractivity contribution is 0.415. The van der Waals surface area contributed by atoms with Crippen LogP contribution in [0.15, 0.2) is 42.6 Å². The molecule has 0 bridgehead atoms. The molecule has 0 N–H and O–H groups in total. The van der Waals surface area contributed by atoms with Crippen molar-refractivity contribution in [2.45, 2.75) is 18.8 Å². The lowest BCUT2D eigenvalue weighted by atomic mass is 10.2. The fourth-order valence-corrected chi connectivity index (χ4v) is 2.72. The summed E-state index contributed by atoms with van der Waals surface area (Å²) in [6, 6.07) is 11.8. The maximum atomic E-state index is 6.07. The molecule has 0 fully saturated rings. The molecule has 0 aliphatic heterocycles. The van der Waals surface area contributed by atoms with Crippen molar-refractivity contribution in [1.29, 1.82) is 0 Å². The molecule has 21 heavy (non-hydrogen) atoms. The second-order valence-electron chi connectivity index (χ2n) is 4.82. The number of nitrogens with zero attached hydrogens (tertiary/aromatic N) is 3. The van der Waals surface area contributed by atoms with Crippen molar-refractivity contribution in [2.24, 2.45) is 0 Å². The van der Waals surface area contributed by atoms with Crippen LogP contribution >= 0.6 is 11.6 Å². The van der Waals surface area contributed by atoms with Crippen LogP contribution in [0.4, 0.5) is 0 Å². The number of benzene rings is 1. The van der Waals surface area contributed by atoms with Gasteiger partial charge < -0.3 is 9.30 Å². The highest BCUT2D eigenvalue weighted by atomic mass is 35.5. The summed E-state index contributed by atoms with van der Waals surface area (Å²) in [5.74, 6) is 1.99. The third-order valence-electron chi connectivity index (χ3n) is 3.59. The number of aromatic nitrogens is 3. The molecule has 0 aliphatic carbocycles. The summed E-state index contributed by atoms with van der Waals surface area (Å²) < 4.78 is 7.43. The van der Waals surface area contributed by atoms with Crippen LogP contribution in [0.3, 0.4) is 0 Å². The minimum absolute atomic E-state index is 0.0528. The number of fused-ring (bicyclic) bond motifs is 1. The molecule has 3 aromatic rings. The second-order valence-corrected chi connectivity index (χ2v) is 5.08. The van der Waals surface area contributed by atoms with Gasteiger partial charge in [0.2, 0.25) is 0 Å². The average molecular weight is 302 g/mol. The average Bonchev–Trinajstić information content (AvgIpc) is 2.92. The molecule has 4 nitrogen and oxygen atoms in total. The van der Waals surface area contributed by atoms with E-state index in [4.69, 9.17) is 16.3 Å². The summed E-state index contributed by atoms with van der Waals surface area (Å²) in [7, 11) is 1.66. The number of rotatable bonds is 4. The Morgan fingerprint density at radius 3 is 2.81 bits per heavy atom. The van der Waals surface area contributed by atoms with Crippen molar-refractivity contribution in [1.82, 2.24) is 14.5 Å². The van der Waals surface area contributed by atoms with Crippen LogP contribution < -0.4 is 4.74 Å².